The summed E-state index contributed by atoms with van der Waals surface area (Å²) in [7, 11) is -8.85. The van der Waals surface area contributed by atoms with E-state index in [-0.39, 0.29) is 29.4 Å². The number of aromatic amines is 1. The Hall–Kier alpha value is -2.46. The zero-order valence-electron chi connectivity index (χ0n) is 16.4. The first-order chi connectivity index (χ1) is 14.7. The van der Waals surface area contributed by atoms with Gasteiger partial charge in [0.15, 0.2) is 0 Å². The van der Waals surface area contributed by atoms with E-state index in [1.54, 1.807) is 0 Å². The quantitative estimate of drug-likeness (QED) is 0.396. The van der Waals surface area contributed by atoms with Crippen molar-refractivity contribution in [2.24, 2.45) is 5.14 Å². The number of hydrogen-bond donors (Lipinski definition) is 4. The minimum Gasteiger partial charge on any atom is -0.315 e. The summed E-state index contributed by atoms with van der Waals surface area (Å²) in [5.74, 6) is -0.404. The highest BCUT2D eigenvalue weighted by molar-refractivity contribution is 7.92. The van der Waals surface area contributed by atoms with Gasteiger partial charge in [0.05, 0.1) is 11.3 Å². The van der Waals surface area contributed by atoms with E-state index in [0.717, 1.165) is 6.07 Å². The Bertz CT molecular complexity index is 1190. The van der Waals surface area contributed by atoms with E-state index < -0.39 is 35.9 Å². The molecule has 0 radical (unpaired) electrons. The third-order valence-corrected chi connectivity index (χ3v) is 7.92. The van der Waals surface area contributed by atoms with Crippen LogP contribution in [0.2, 0.25) is 0 Å². The van der Waals surface area contributed by atoms with Crippen LogP contribution in [0.15, 0.2) is 21.9 Å². The number of aromatic nitrogens is 4. The number of H-pyrrole nitrogens is 1. The monoisotopic (exact) mass is 470 g/mol. The molecule has 1 amide bonds. The third kappa shape index (κ3) is 4.31. The van der Waals surface area contributed by atoms with E-state index in [2.05, 4.69) is 30.7 Å². The van der Waals surface area contributed by atoms with E-state index in [4.69, 9.17) is 5.14 Å². The van der Waals surface area contributed by atoms with Crippen molar-refractivity contribution >= 4 is 31.6 Å². The van der Waals surface area contributed by atoms with E-state index in [9.17, 15) is 21.6 Å². The van der Waals surface area contributed by atoms with Crippen molar-refractivity contribution < 1.29 is 21.6 Å². The van der Waals surface area contributed by atoms with Gasteiger partial charge in [-0.3, -0.25) is 4.79 Å². The highest BCUT2D eigenvalue weighted by Gasteiger charge is 2.35. The maximum absolute atomic E-state index is 13.1. The summed E-state index contributed by atoms with van der Waals surface area (Å²) in [4.78, 5) is 12.7. The number of amides is 1. The van der Waals surface area contributed by atoms with Gasteiger partial charge in [-0.25, -0.2) is 26.7 Å². The first-order valence-electron chi connectivity index (χ1n) is 9.65. The molecule has 13 nitrogen and oxygen atoms in total. The maximum Gasteiger partial charge on any atom is 0.242 e. The van der Waals surface area contributed by atoms with Gasteiger partial charge in [-0.05, 0) is 43.2 Å². The van der Waals surface area contributed by atoms with Gasteiger partial charge < -0.3 is 10.2 Å². The Kier molecular flexibility index (Phi) is 5.78. The molecule has 1 aromatic heterocycles. The molecule has 3 heterocycles. The normalized spacial score (nSPS) is 20.4. The fourth-order valence-electron chi connectivity index (χ4n) is 3.85. The van der Waals surface area contributed by atoms with Crippen molar-refractivity contribution in [2.75, 3.05) is 24.5 Å². The van der Waals surface area contributed by atoms with Gasteiger partial charge in [0.2, 0.25) is 31.8 Å². The molecule has 4 rings (SSSR count). The zero-order chi connectivity index (χ0) is 22.2. The van der Waals surface area contributed by atoms with Crippen molar-refractivity contribution in [3.63, 3.8) is 0 Å². The largest absolute Gasteiger partial charge is 0.315 e. The SMILES string of the molecule is NS(=O)(=O)c1c(S(=O)(=O)NC2CCNC2)ccc(N2CCCCC2=O)c1-c1nn[nH]n1. The van der Waals surface area contributed by atoms with Crippen LogP contribution in [-0.2, 0) is 24.8 Å². The lowest BCUT2D eigenvalue weighted by atomic mass is 10.1. The topological polar surface area (TPSA) is 193 Å². The number of piperidine rings is 1. The number of carbonyl (C=O) groups is 1. The summed E-state index contributed by atoms with van der Waals surface area (Å²) in [6, 6.07) is 2.13. The lowest BCUT2D eigenvalue weighted by Crippen LogP contribution is -2.38. The third-order valence-electron chi connectivity index (χ3n) is 5.24. The molecule has 2 aliphatic heterocycles. The van der Waals surface area contributed by atoms with Gasteiger partial charge in [0.1, 0.15) is 9.79 Å². The number of anilines is 1. The summed E-state index contributed by atoms with van der Waals surface area (Å²) in [6.07, 6.45) is 2.26. The molecule has 0 bridgehead atoms. The van der Waals surface area contributed by atoms with Crippen molar-refractivity contribution in [1.82, 2.24) is 30.7 Å². The number of nitrogens with zero attached hydrogens (tertiary/aromatic N) is 4. The molecule has 0 saturated carbocycles. The van der Waals surface area contributed by atoms with Crippen molar-refractivity contribution in [3.05, 3.63) is 12.1 Å². The number of hydrogen-bond acceptors (Lipinski definition) is 9. The highest BCUT2D eigenvalue weighted by Crippen LogP contribution is 2.39. The number of carbonyl (C=O) groups excluding carboxylic acids is 1. The summed E-state index contributed by atoms with van der Waals surface area (Å²) in [6.45, 7) is 1.40. The first kappa shape index (κ1) is 21.8. The van der Waals surface area contributed by atoms with Gasteiger partial charge in [0, 0.05) is 25.6 Å². The van der Waals surface area contributed by atoms with E-state index in [0.29, 0.717) is 38.9 Å². The molecule has 2 aliphatic rings. The summed E-state index contributed by atoms with van der Waals surface area (Å²) >= 11 is 0. The van der Waals surface area contributed by atoms with Crippen LogP contribution in [0.25, 0.3) is 11.4 Å². The molecular weight excluding hydrogens is 448 g/mol. The Morgan fingerprint density at radius 3 is 2.61 bits per heavy atom. The number of rotatable bonds is 6. The van der Waals surface area contributed by atoms with E-state index in [1.165, 1.54) is 11.0 Å². The molecule has 1 aromatic carbocycles. The lowest BCUT2D eigenvalue weighted by molar-refractivity contribution is -0.119. The summed E-state index contributed by atoms with van der Waals surface area (Å²) in [5.41, 5.74) is -0.0180. The van der Waals surface area contributed by atoms with Crippen LogP contribution >= 0.6 is 0 Å². The van der Waals surface area contributed by atoms with E-state index in [1.807, 2.05) is 0 Å². The second kappa shape index (κ2) is 8.23. The molecule has 2 fully saturated rings. The van der Waals surface area contributed by atoms with Gasteiger partial charge in [-0.15, -0.1) is 10.2 Å². The molecule has 0 spiro atoms. The van der Waals surface area contributed by atoms with Gasteiger partial charge >= 0.3 is 0 Å². The fourth-order valence-corrected chi connectivity index (χ4v) is 6.72. The molecular formula is C16H22N8O5S2. The maximum atomic E-state index is 13.1. The van der Waals surface area contributed by atoms with Crippen molar-refractivity contribution in [3.8, 4) is 11.4 Å². The summed E-state index contributed by atoms with van der Waals surface area (Å²) in [5, 5.41) is 21.9. The number of primary sulfonamides is 1. The average Bonchev–Trinajstić information content (AvgIpc) is 3.40. The Morgan fingerprint density at radius 2 is 2.00 bits per heavy atom. The number of benzene rings is 1. The predicted octanol–water partition coefficient (Wildman–Crippen LogP) is -1.33. The molecule has 2 saturated heterocycles. The Morgan fingerprint density at radius 1 is 1.19 bits per heavy atom. The van der Waals surface area contributed by atoms with Crippen LogP contribution < -0.4 is 20.1 Å². The lowest BCUT2D eigenvalue weighted by Gasteiger charge is -2.29. The van der Waals surface area contributed by atoms with Crippen LogP contribution in [0.3, 0.4) is 0 Å². The average molecular weight is 471 g/mol. The molecule has 5 N–H and O–H groups in total. The van der Waals surface area contributed by atoms with Gasteiger partial charge in [-0.2, -0.15) is 5.21 Å². The van der Waals surface area contributed by atoms with Gasteiger partial charge in [0.25, 0.3) is 0 Å². The van der Waals surface area contributed by atoms with Crippen LogP contribution in [0.1, 0.15) is 25.7 Å². The number of nitrogens with one attached hydrogen (secondary N) is 3. The van der Waals surface area contributed by atoms with Gasteiger partial charge in [-0.1, -0.05) is 0 Å². The molecule has 1 atom stereocenters. The standard InChI is InChI=1S/C16H22N8O5S2/c17-30(26,27)15-12(31(28,29)21-10-6-7-18-9-10)5-4-11(14(15)16-19-22-23-20-16)24-8-2-1-3-13(24)25/h4-5,10,18,21H,1-3,6-9H2,(H2,17,26,27)(H,19,20,22,23). The number of sulfonamides is 2. The smallest absolute Gasteiger partial charge is 0.242 e. The molecule has 31 heavy (non-hydrogen) atoms. The van der Waals surface area contributed by atoms with E-state index >= 15 is 0 Å². The number of nitrogens with two attached hydrogens (primary N) is 1. The second-order valence-corrected chi connectivity index (χ2v) is 10.6. The highest BCUT2D eigenvalue weighted by atomic mass is 32.2. The predicted molar refractivity (Wildman–Crippen MR) is 109 cm³/mol. The Labute approximate surface area is 178 Å². The molecule has 1 unspecified atom stereocenters. The summed E-state index contributed by atoms with van der Waals surface area (Å²) < 4.78 is 54.1. The number of tetrazole rings is 1. The molecule has 0 aliphatic carbocycles. The molecule has 2 aromatic rings. The Balaban J connectivity index is 1.95. The molecule has 15 heteroatoms. The van der Waals surface area contributed by atoms with Crippen LogP contribution in [-0.4, -0.2) is 69.0 Å². The first-order valence-corrected chi connectivity index (χ1v) is 12.7. The zero-order valence-corrected chi connectivity index (χ0v) is 18.0. The second-order valence-electron chi connectivity index (χ2n) is 7.38. The van der Waals surface area contributed by atoms with Crippen LogP contribution in [0.4, 0.5) is 5.69 Å². The molecule has 168 valence electrons. The minimum atomic E-state index is -4.58. The van der Waals surface area contributed by atoms with Crippen molar-refractivity contribution in [1.29, 1.82) is 0 Å². The van der Waals surface area contributed by atoms with Crippen molar-refractivity contribution in [2.45, 2.75) is 41.5 Å². The minimum absolute atomic E-state index is 0.164. The van der Waals surface area contributed by atoms with Crippen LogP contribution in [0.5, 0.6) is 0 Å². The van der Waals surface area contributed by atoms with Crippen LogP contribution in [0, 0.1) is 0 Å². The fraction of sp³-hybridized carbons (Fsp3) is 0.500.